The zero-order chi connectivity index (χ0) is 19.7. The largest absolute Gasteiger partial charge is 0.280 e. The van der Waals surface area contributed by atoms with Gasteiger partial charge < -0.3 is 0 Å². The molecule has 0 bridgehead atoms. The van der Waals surface area contributed by atoms with Crippen molar-refractivity contribution in [2.45, 2.75) is 26.3 Å². The first kappa shape index (κ1) is 18.3. The number of anilines is 1. The highest BCUT2D eigenvalue weighted by Crippen LogP contribution is 2.34. The molecule has 7 heteroatoms. The van der Waals surface area contributed by atoms with Crippen molar-refractivity contribution in [1.29, 1.82) is 0 Å². The van der Waals surface area contributed by atoms with Gasteiger partial charge in [0.05, 0.1) is 22.5 Å². The molecule has 28 heavy (non-hydrogen) atoms. The highest BCUT2D eigenvalue weighted by atomic mass is 32.1. The van der Waals surface area contributed by atoms with E-state index >= 15 is 0 Å². The molecule has 0 saturated carbocycles. The molecule has 4 aromatic rings. The summed E-state index contributed by atoms with van der Waals surface area (Å²) in [7, 11) is 1.80. The topological polar surface area (TPSA) is 63.9 Å². The molecule has 0 N–H and O–H groups in total. The van der Waals surface area contributed by atoms with Crippen molar-refractivity contribution in [1.82, 2.24) is 19.7 Å². The van der Waals surface area contributed by atoms with Crippen LogP contribution in [0, 0.1) is 0 Å². The van der Waals surface area contributed by atoms with Crippen molar-refractivity contribution in [3.8, 4) is 0 Å². The Bertz CT molecular complexity index is 1120. The molecule has 0 spiro atoms. The number of benzene rings is 1. The van der Waals surface area contributed by atoms with Gasteiger partial charge in [0.1, 0.15) is 0 Å². The zero-order valence-electron chi connectivity index (χ0n) is 16.0. The van der Waals surface area contributed by atoms with Gasteiger partial charge in [0.2, 0.25) is 0 Å². The molecule has 4 rings (SSSR count). The molecule has 0 fully saturated rings. The monoisotopic (exact) mass is 391 g/mol. The maximum atomic E-state index is 13.2. The fourth-order valence-corrected chi connectivity index (χ4v) is 4.08. The minimum absolute atomic E-state index is 0.184. The number of carbonyl (C=O) groups is 1. The van der Waals surface area contributed by atoms with Crippen LogP contribution in [0.1, 0.15) is 41.5 Å². The fourth-order valence-electron chi connectivity index (χ4n) is 3.09. The first-order valence-electron chi connectivity index (χ1n) is 9.14. The van der Waals surface area contributed by atoms with Crippen molar-refractivity contribution in [3.05, 3.63) is 71.8 Å². The number of hydrogen-bond acceptors (Lipinski definition) is 5. The van der Waals surface area contributed by atoms with E-state index in [1.165, 1.54) is 16.9 Å². The summed E-state index contributed by atoms with van der Waals surface area (Å²) in [6.45, 7) is 4.64. The van der Waals surface area contributed by atoms with Gasteiger partial charge >= 0.3 is 0 Å². The second kappa shape index (κ2) is 7.52. The molecule has 0 aliphatic rings. The quantitative estimate of drug-likeness (QED) is 0.506. The number of aromatic nitrogens is 4. The van der Waals surface area contributed by atoms with E-state index < -0.39 is 0 Å². The Morgan fingerprint density at radius 1 is 1.18 bits per heavy atom. The van der Waals surface area contributed by atoms with Gasteiger partial charge in [-0.3, -0.25) is 19.4 Å². The predicted octanol–water partition coefficient (Wildman–Crippen LogP) is 4.40. The van der Waals surface area contributed by atoms with Crippen LogP contribution in [-0.4, -0.2) is 25.7 Å². The predicted molar refractivity (Wildman–Crippen MR) is 112 cm³/mol. The normalized spacial score (nSPS) is 11.3. The van der Waals surface area contributed by atoms with Gasteiger partial charge in [-0.05, 0) is 35.7 Å². The second-order valence-corrected chi connectivity index (χ2v) is 7.94. The molecule has 3 heterocycles. The van der Waals surface area contributed by atoms with Crippen molar-refractivity contribution in [3.63, 3.8) is 0 Å². The molecule has 0 unspecified atom stereocenters. The summed E-state index contributed by atoms with van der Waals surface area (Å²) >= 11 is 1.52. The number of para-hydroxylation sites is 1. The summed E-state index contributed by atoms with van der Waals surface area (Å²) in [5.74, 6) is 0.172. The summed E-state index contributed by atoms with van der Waals surface area (Å²) in [5, 5.41) is 4.94. The van der Waals surface area contributed by atoms with E-state index in [0.717, 1.165) is 15.9 Å². The van der Waals surface area contributed by atoms with E-state index in [9.17, 15) is 4.79 Å². The van der Waals surface area contributed by atoms with E-state index in [4.69, 9.17) is 4.98 Å². The Kier molecular flexibility index (Phi) is 4.92. The number of nitrogens with zero attached hydrogens (tertiary/aromatic N) is 5. The molecule has 0 atom stereocenters. The van der Waals surface area contributed by atoms with Crippen LogP contribution in [0.25, 0.3) is 10.2 Å². The van der Waals surface area contributed by atoms with Gasteiger partial charge in [0.15, 0.2) is 10.8 Å². The highest BCUT2D eigenvalue weighted by molar-refractivity contribution is 7.22. The lowest BCUT2D eigenvalue weighted by atomic mass is 10.0. The van der Waals surface area contributed by atoms with Crippen LogP contribution in [0.2, 0.25) is 0 Å². The van der Waals surface area contributed by atoms with Crippen LogP contribution >= 0.6 is 11.3 Å². The van der Waals surface area contributed by atoms with E-state index in [-0.39, 0.29) is 5.91 Å². The van der Waals surface area contributed by atoms with E-state index in [0.29, 0.717) is 23.3 Å². The van der Waals surface area contributed by atoms with Gasteiger partial charge in [-0.1, -0.05) is 43.4 Å². The Balaban J connectivity index is 1.79. The molecule has 1 aromatic carbocycles. The average Bonchev–Trinajstić information content (AvgIpc) is 3.32. The van der Waals surface area contributed by atoms with Crippen molar-refractivity contribution in [2.24, 2.45) is 7.05 Å². The smallest absolute Gasteiger partial charge is 0.276 e. The lowest BCUT2D eigenvalue weighted by Crippen LogP contribution is -2.31. The molecule has 1 amide bonds. The highest BCUT2D eigenvalue weighted by Gasteiger charge is 2.24. The van der Waals surface area contributed by atoms with Crippen LogP contribution in [0.4, 0.5) is 5.13 Å². The van der Waals surface area contributed by atoms with Crippen molar-refractivity contribution in [2.75, 3.05) is 4.90 Å². The molecule has 0 saturated heterocycles. The first-order chi connectivity index (χ1) is 13.5. The average molecular weight is 392 g/mol. The van der Waals surface area contributed by atoms with Gasteiger partial charge in [-0.15, -0.1) is 0 Å². The number of thiazole rings is 1. The molecular formula is C21H21N5OS. The van der Waals surface area contributed by atoms with Crippen LogP contribution in [0.15, 0.2) is 54.9 Å². The maximum Gasteiger partial charge on any atom is 0.280 e. The third-order valence-corrected chi connectivity index (χ3v) is 5.56. The van der Waals surface area contributed by atoms with Crippen LogP contribution in [0.5, 0.6) is 0 Å². The standard InChI is InChI=1S/C21H21N5OS/c1-14(2)16-8-6-9-18-19(16)23-21(28-18)26(13-15-7-4-5-11-22-15)20(27)17-10-12-25(3)24-17/h4-12,14H,13H2,1-3H3. The van der Waals surface area contributed by atoms with E-state index in [1.54, 1.807) is 35.1 Å². The van der Waals surface area contributed by atoms with E-state index in [1.807, 2.05) is 30.3 Å². The van der Waals surface area contributed by atoms with Gasteiger partial charge in [0.25, 0.3) is 5.91 Å². The zero-order valence-corrected chi connectivity index (χ0v) is 16.8. The molecular weight excluding hydrogens is 370 g/mol. The first-order valence-corrected chi connectivity index (χ1v) is 9.95. The SMILES string of the molecule is CC(C)c1cccc2sc(N(Cc3ccccn3)C(=O)c3ccn(C)n3)nc12. The Morgan fingerprint density at radius 3 is 2.71 bits per heavy atom. The van der Waals surface area contributed by atoms with E-state index in [2.05, 4.69) is 30.0 Å². The minimum Gasteiger partial charge on any atom is -0.276 e. The summed E-state index contributed by atoms with van der Waals surface area (Å²) in [6, 6.07) is 13.6. The molecule has 0 aliphatic heterocycles. The van der Waals surface area contributed by atoms with Gasteiger partial charge in [-0.25, -0.2) is 4.98 Å². The summed E-state index contributed by atoms with van der Waals surface area (Å²) in [4.78, 5) is 24.1. The van der Waals surface area contributed by atoms with Gasteiger partial charge in [0, 0.05) is 19.4 Å². The minimum atomic E-state index is -0.184. The maximum absolute atomic E-state index is 13.2. The van der Waals surface area contributed by atoms with Crippen LogP contribution in [0.3, 0.4) is 0 Å². The molecule has 142 valence electrons. The van der Waals surface area contributed by atoms with Gasteiger partial charge in [-0.2, -0.15) is 5.10 Å². The number of amides is 1. The number of carbonyl (C=O) groups excluding carboxylic acids is 1. The summed E-state index contributed by atoms with van der Waals surface area (Å²) < 4.78 is 2.70. The van der Waals surface area contributed by atoms with Crippen molar-refractivity contribution < 1.29 is 4.79 Å². The van der Waals surface area contributed by atoms with Crippen LogP contribution < -0.4 is 4.90 Å². The summed E-state index contributed by atoms with van der Waals surface area (Å²) in [6.07, 6.45) is 3.50. The lowest BCUT2D eigenvalue weighted by molar-refractivity contribution is 0.0979. The van der Waals surface area contributed by atoms with Crippen LogP contribution in [-0.2, 0) is 13.6 Å². The Morgan fingerprint density at radius 2 is 2.04 bits per heavy atom. The second-order valence-electron chi connectivity index (χ2n) is 6.93. The Hall–Kier alpha value is -3.06. The summed E-state index contributed by atoms with van der Waals surface area (Å²) in [5.41, 5.74) is 3.33. The molecule has 0 radical (unpaired) electrons. The number of hydrogen-bond donors (Lipinski definition) is 0. The third kappa shape index (κ3) is 3.53. The fraction of sp³-hybridized carbons (Fsp3) is 0.238. The number of aryl methyl sites for hydroxylation is 1. The number of rotatable bonds is 5. The molecule has 0 aliphatic carbocycles. The number of fused-ring (bicyclic) bond motifs is 1. The molecule has 6 nitrogen and oxygen atoms in total. The Labute approximate surface area is 167 Å². The lowest BCUT2D eigenvalue weighted by Gasteiger charge is -2.18. The third-order valence-electron chi connectivity index (χ3n) is 4.52. The van der Waals surface area contributed by atoms with Crippen molar-refractivity contribution >= 4 is 32.6 Å². The molecule has 3 aromatic heterocycles. The number of pyridine rings is 1.